The number of halogens is 1. The second-order valence-electron chi connectivity index (χ2n) is 5.12. The largest absolute Gasteiger partial charge is 0.332 e. The van der Waals surface area contributed by atoms with Gasteiger partial charge in [-0.2, -0.15) is 0 Å². The summed E-state index contributed by atoms with van der Waals surface area (Å²) >= 11 is 8.92. The summed E-state index contributed by atoms with van der Waals surface area (Å²) in [5.74, 6) is 0.0148. The molecule has 1 amide bonds. The van der Waals surface area contributed by atoms with Crippen molar-refractivity contribution in [2.75, 3.05) is 13.1 Å². The zero-order valence-electron chi connectivity index (χ0n) is 11.8. The maximum Gasteiger partial charge on any atom is 0.273 e. The SMILES string of the molecule is CC1NCCN(C(=O)c2csc(-c3ccc(Cl)s3)n2)C1C. The summed E-state index contributed by atoms with van der Waals surface area (Å²) < 4.78 is 0.734. The first-order valence-electron chi connectivity index (χ1n) is 6.82. The minimum atomic E-state index is 0.0148. The Kier molecular flexibility index (Phi) is 4.31. The van der Waals surface area contributed by atoms with Gasteiger partial charge in [-0.3, -0.25) is 4.79 Å². The van der Waals surface area contributed by atoms with Crippen LogP contribution in [0.4, 0.5) is 0 Å². The number of aromatic nitrogens is 1. The number of amides is 1. The topological polar surface area (TPSA) is 45.2 Å². The molecule has 2 atom stereocenters. The molecule has 3 heterocycles. The maximum absolute atomic E-state index is 12.6. The van der Waals surface area contributed by atoms with Gasteiger partial charge in [0.25, 0.3) is 5.91 Å². The summed E-state index contributed by atoms with van der Waals surface area (Å²) in [6, 6.07) is 4.27. The van der Waals surface area contributed by atoms with Gasteiger partial charge in [0.15, 0.2) is 0 Å². The second-order valence-corrected chi connectivity index (χ2v) is 7.70. The van der Waals surface area contributed by atoms with Crippen LogP contribution in [0, 0.1) is 0 Å². The van der Waals surface area contributed by atoms with E-state index < -0.39 is 0 Å². The number of thiophene rings is 1. The Bertz CT molecular complexity index is 654. The fourth-order valence-corrected chi connectivity index (χ4v) is 4.31. The van der Waals surface area contributed by atoms with Gasteiger partial charge in [0.2, 0.25) is 0 Å². The first-order valence-corrected chi connectivity index (χ1v) is 8.89. The number of rotatable bonds is 2. The highest BCUT2D eigenvalue weighted by Gasteiger charge is 2.30. The quantitative estimate of drug-likeness (QED) is 0.911. The van der Waals surface area contributed by atoms with Crippen LogP contribution in [-0.4, -0.2) is 41.0 Å². The Morgan fingerprint density at radius 1 is 1.48 bits per heavy atom. The van der Waals surface area contributed by atoms with E-state index in [1.807, 2.05) is 22.4 Å². The highest BCUT2D eigenvalue weighted by atomic mass is 35.5. The number of hydrogen-bond acceptors (Lipinski definition) is 5. The fourth-order valence-electron chi connectivity index (χ4n) is 2.40. The van der Waals surface area contributed by atoms with Crippen molar-refractivity contribution in [1.29, 1.82) is 0 Å². The lowest BCUT2D eigenvalue weighted by Crippen LogP contribution is -2.57. The molecule has 4 nitrogen and oxygen atoms in total. The van der Waals surface area contributed by atoms with Crippen molar-refractivity contribution in [3.05, 3.63) is 27.5 Å². The van der Waals surface area contributed by atoms with Crippen molar-refractivity contribution < 1.29 is 4.79 Å². The number of piperazine rings is 1. The van der Waals surface area contributed by atoms with Gasteiger partial charge in [-0.15, -0.1) is 22.7 Å². The molecule has 112 valence electrons. The van der Waals surface area contributed by atoms with E-state index in [-0.39, 0.29) is 11.9 Å². The van der Waals surface area contributed by atoms with E-state index in [0.29, 0.717) is 11.7 Å². The van der Waals surface area contributed by atoms with Crippen molar-refractivity contribution in [3.8, 4) is 9.88 Å². The molecule has 0 saturated carbocycles. The molecule has 0 aliphatic carbocycles. The Hall–Kier alpha value is -0.950. The highest BCUT2D eigenvalue weighted by Crippen LogP contribution is 2.33. The standard InChI is InChI=1S/C14H16ClN3OS2/c1-8-9(2)18(6-5-16-8)14(19)10-7-20-13(17-10)11-3-4-12(15)21-11/h3-4,7-9,16H,5-6H2,1-2H3. The van der Waals surface area contributed by atoms with Crippen LogP contribution in [0.1, 0.15) is 24.3 Å². The first kappa shape index (κ1) is 15.0. The lowest BCUT2D eigenvalue weighted by molar-refractivity contribution is 0.0598. The van der Waals surface area contributed by atoms with Gasteiger partial charge in [0, 0.05) is 30.6 Å². The van der Waals surface area contributed by atoms with E-state index in [1.165, 1.54) is 22.7 Å². The number of nitrogens with zero attached hydrogens (tertiary/aromatic N) is 2. The number of carbonyl (C=O) groups excluding carboxylic acids is 1. The van der Waals surface area contributed by atoms with Gasteiger partial charge < -0.3 is 10.2 Å². The predicted molar refractivity (Wildman–Crippen MR) is 88.4 cm³/mol. The van der Waals surface area contributed by atoms with Crippen LogP contribution in [0.5, 0.6) is 0 Å². The molecule has 0 aromatic carbocycles. The smallest absolute Gasteiger partial charge is 0.273 e. The number of thiazole rings is 1. The molecular formula is C14H16ClN3OS2. The predicted octanol–water partition coefficient (Wildman–Crippen LogP) is 3.35. The van der Waals surface area contributed by atoms with Crippen molar-refractivity contribution in [2.45, 2.75) is 25.9 Å². The van der Waals surface area contributed by atoms with E-state index in [4.69, 9.17) is 11.6 Å². The van der Waals surface area contributed by atoms with E-state index in [2.05, 4.69) is 24.1 Å². The molecule has 0 spiro atoms. The lowest BCUT2D eigenvalue weighted by atomic mass is 10.1. The molecule has 2 unspecified atom stereocenters. The van der Waals surface area contributed by atoms with Crippen LogP contribution >= 0.6 is 34.3 Å². The van der Waals surface area contributed by atoms with E-state index >= 15 is 0 Å². The summed E-state index contributed by atoms with van der Waals surface area (Å²) in [6.45, 7) is 5.72. The van der Waals surface area contributed by atoms with Crippen molar-refractivity contribution in [1.82, 2.24) is 15.2 Å². The van der Waals surface area contributed by atoms with Gasteiger partial charge >= 0.3 is 0 Å². The fraction of sp³-hybridized carbons (Fsp3) is 0.429. The summed E-state index contributed by atoms with van der Waals surface area (Å²) in [4.78, 5) is 20.0. The molecule has 2 aromatic rings. The van der Waals surface area contributed by atoms with E-state index in [9.17, 15) is 4.79 Å². The minimum absolute atomic E-state index is 0.0148. The molecule has 1 N–H and O–H groups in total. The second kappa shape index (κ2) is 6.04. The monoisotopic (exact) mass is 341 g/mol. The molecule has 7 heteroatoms. The molecule has 1 saturated heterocycles. The van der Waals surface area contributed by atoms with Crippen LogP contribution in [-0.2, 0) is 0 Å². The minimum Gasteiger partial charge on any atom is -0.332 e. The van der Waals surface area contributed by atoms with Crippen LogP contribution in [0.15, 0.2) is 17.5 Å². The Balaban J connectivity index is 1.81. The third-order valence-corrected chi connectivity index (χ3v) is 6.05. The third kappa shape index (κ3) is 2.99. The molecule has 3 rings (SSSR count). The normalized spacial score (nSPS) is 22.5. The van der Waals surface area contributed by atoms with Crippen LogP contribution in [0.25, 0.3) is 9.88 Å². The summed E-state index contributed by atoms with van der Waals surface area (Å²) in [7, 11) is 0. The number of hydrogen-bond donors (Lipinski definition) is 1. The highest BCUT2D eigenvalue weighted by molar-refractivity contribution is 7.23. The van der Waals surface area contributed by atoms with Crippen molar-refractivity contribution in [2.24, 2.45) is 0 Å². The van der Waals surface area contributed by atoms with Gasteiger partial charge in [0.1, 0.15) is 10.7 Å². The van der Waals surface area contributed by atoms with E-state index in [0.717, 1.165) is 27.3 Å². The average molecular weight is 342 g/mol. The van der Waals surface area contributed by atoms with Crippen molar-refractivity contribution >= 4 is 40.2 Å². The molecule has 21 heavy (non-hydrogen) atoms. The molecule has 1 aliphatic heterocycles. The molecular weight excluding hydrogens is 326 g/mol. The number of carbonyl (C=O) groups is 1. The van der Waals surface area contributed by atoms with Gasteiger partial charge in [-0.05, 0) is 26.0 Å². The van der Waals surface area contributed by atoms with E-state index in [1.54, 1.807) is 0 Å². The van der Waals surface area contributed by atoms with Gasteiger partial charge in [-0.25, -0.2) is 4.98 Å². The van der Waals surface area contributed by atoms with Crippen molar-refractivity contribution in [3.63, 3.8) is 0 Å². The number of nitrogens with one attached hydrogen (secondary N) is 1. The first-order chi connectivity index (χ1) is 10.1. The van der Waals surface area contributed by atoms with Crippen LogP contribution < -0.4 is 5.32 Å². The maximum atomic E-state index is 12.6. The summed E-state index contributed by atoms with van der Waals surface area (Å²) in [5.41, 5.74) is 0.528. The molecule has 1 fully saturated rings. The zero-order valence-corrected chi connectivity index (χ0v) is 14.2. The lowest BCUT2D eigenvalue weighted by Gasteiger charge is -2.38. The van der Waals surface area contributed by atoms with Crippen LogP contribution in [0.2, 0.25) is 4.34 Å². The zero-order chi connectivity index (χ0) is 15.0. The summed E-state index contributed by atoms with van der Waals surface area (Å²) in [6.07, 6.45) is 0. The average Bonchev–Trinajstić information content (AvgIpc) is 3.09. The Morgan fingerprint density at radius 3 is 3.00 bits per heavy atom. The third-order valence-electron chi connectivity index (χ3n) is 3.80. The van der Waals surface area contributed by atoms with Gasteiger partial charge in [0.05, 0.1) is 9.21 Å². The Morgan fingerprint density at radius 2 is 2.29 bits per heavy atom. The Labute approximate surface area is 136 Å². The molecule has 1 aliphatic rings. The molecule has 0 radical (unpaired) electrons. The molecule has 0 bridgehead atoms. The van der Waals surface area contributed by atoms with Gasteiger partial charge in [-0.1, -0.05) is 11.6 Å². The summed E-state index contributed by atoms with van der Waals surface area (Å²) in [5, 5.41) is 6.07. The van der Waals surface area contributed by atoms with Crippen LogP contribution in [0.3, 0.4) is 0 Å². The molecule has 2 aromatic heterocycles.